The maximum Gasteiger partial charge on any atom is 0.0921 e. The van der Waals surface area contributed by atoms with Gasteiger partial charge in [-0.3, -0.25) is 0 Å². The van der Waals surface area contributed by atoms with Crippen molar-refractivity contribution in [3.05, 3.63) is 35.9 Å². The van der Waals surface area contributed by atoms with Crippen molar-refractivity contribution in [2.45, 2.75) is 52.5 Å². The zero-order valence-electron chi connectivity index (χ0n) is 13.0. The first-order chi connectivity index (χ1) is 9.04. The van der Waals surface area contributed by atoms with Crippen molar-refractivity contribution in [2.75, 3.05) is 6.54 Å². The van der Waals surface area contributed by atoms with Crippen LogP contribution >= 0.6 is 0 Å². The molecule has 2 N–H and O–H groups in total. The first-order valence-corrected chi connectivity index (χ1v) is 7.91. The summed E-state index contributed by atoms with van der Waals surface area (Å²) < 4.78 is 0. The standard InChI is InChI=1S/C18H27N.ClH/c1-17(2)15-9-11-18(17,3)16(13-15)19-12-10-14-7-5-4-6-8-14;/h4-8,15-16,19H,9-13H2,1-3H3;1H. The molecule has 2 saturated carbocycles. The molecule has 3 unspecified atom stereocenters. The third-order valence-corrected chi connectivity index (χ3v) is 6.59. The lowest BCUT2D eigenvalue weighted by molar-refractivity contribution is -0.701. The van der Waals surface area contributed by atoms with Crippen molar-refractivity contribution >= 4 is 0 Å². The van der Waals surface area contributed by atoms with E-state index in [0.29, 0.717) is 10.8 Å². The minimum atomic E-state index is 0. The maximum absolute atomic E-state index is 2.65. The second-order valence-corrected chi connectivity index (χ2v) is 7.48. The average molecular weight is 294 g/mol. The van der Waals surface area contributed by atoms with Crippen LogP contribution in [0.25, 0.3) is 0 Å². The Kier molecular flexibility index (Phi) is 4.51. The quantitative estimate of drug-likeness (QED) is 0.806. The van der Waals surface area contributed by atoms with E-state index in [2.05, 4.69) is 56.4 Å². The lowest BCUT2D eigenvalue weighted by atomic mass is 9.69. The fourth-order valence-electron chi connectivity index (χ4n) is 4.72. The van der Waals surface area contributed by atoms with E-state index in [-0.39, 0.29) is 12.4 Å². The highest BCUT2D eigenvalue weighted by Gasteiger charge is 2.63. The summed E-state index contributed by atoms with van der Waals surface area (Å²) in [7, 11) is 0. The van der Waals surface area contributed by atoms with Gasteiger partial charge in [0.25, 0.3) is 0 Å². The Bertz CT molecular complexity index is 442. The van der Waals surface area contributed by atoms with Crippen LogP contribution in [0.3, 0.4) is 0 Å². The van der Waals surface area contributed by atoms with Crippen molar-refractivity contribution in [1.29, 1.82) is 0 Å². The van der Waals surface area contributed by atoms with Gasteiger partial charge in [-0.1, -0.05) is 51.1 Å². The van der Waals surface area contributed by atoms with Crippen LogP contribution in [0.2, 0.25) is 0 Å². The second kappa shape index (κ2) is 5.69. The summed E-state index contributed by atoms with van der Waals surface area (Å²) in [6.45, 7) is 8.81. The summed E-state index contributed by atoms with van der Waals surface area (Å²) in [5.41, 5.74) is 2.60. The molecule has 0 heterocycles. The fraction of sp³-hybridized carbons (Fsp3) is 0.667. The normalized spacial score (nSPS) is 34.0. The van der Waals surface area contributed by atoms with Gasteiger partial charge in [-0.05, 0) is 29.7 Å². The molecule has 2 aliphatic carbocycles. The van der Waals surface area contributed by atoms with Gasteiger partial charge >= 0.3 is 0 Å². The first kappa shape index (κ1) is 15.9. The van der Waals surface area contributed by atoms with Gasteiger partial charge < -0.3 is 17.7 Å². The van der Waals surface area contributed by atoms with Gasteiger partial charge in [0, 0.05) is 18.3 Å². The molecule has 0 spiro atoms. The number of halogens is 1. The number of hydrogen-bond donors (Lipinski definition) is 1. The Morgan fingerprint density at radius 2 is 1.85 bits per heavy atom. The van der Waals surface area contributed by atoms with Crippen molar-refractivity contribution < 1.29 is 17.7 Å². The Morgan fingerprint density at radius 1 is 1.15 bits per heavy atom. The van der Waals surface area contributed by atoms with E-state index in [1.807, 2.05) is 0 Å². The Labute approximate surface area is 130 Å². The third kappa shape index (κ3) is 2.40. The molecule has 2 fully saturated rings. The largest absolute Gasteiger partial charge is 1.00 e. The van der Waals surface area contributed by atoms with Crippen molar-refractivity contribution in [3.63, 3.8) is 0 Å². The molecule has 112 valence electrons. The molecular weight excluding hydrogens is 266 g/mol. The van der Waals surface area contributed by atoms with Gasteiger partial charge in [0.05, 0.1) is 12.6 Å². The topological polar surface area (TPSA) is 16.6 Å². The molecule has 0 aromatic heterocycles. The van der Waals surface area contributed by atoms with Crippen LogP contribution in [0, 0.1) is 16.7 Å². The molecule has 1 aromatic rings. The van der Waals surface area contributed by atoms with Gasteiger partial charge in [0.2, 0.25) is 0 Å². The molecule has 0 amide bonds. The van der Waals surface area contributed by atoms with E-state index < -0.39 is 0 Å². The number of hydrogen-bond acceptors (Lipinski definition) is 0. The van der Waals surface area contributed by atoms with E-state index in [4.69, 9.17) is 0 Å². The van der Waals surface area contributed by atoms with Crippen LogP contribution in [0.1, 0.15) is 45.6 Å². The zero-order valence-corrected chi connectivity index (χ0v) is 13.8. The highest BCUT2D eigenvalue weighted by atomic mass is 35.5. The van der Waals surface area contributed by atoms with Gasteiger partial charge in [0.15, 0.2) is 0 Å². The van der Waals surface area contributed by atoms with Gasteiger partial charge in [-0.2, -0.15) is 0 Å². The molecule has 1 aromatic carbocycles. The molecule has 0 radical (unpaired) electrons. The number of nitrogens with two attached hydrogens (primary N) is 1. The van der Waals surface area contributed by atoms with E-state index in [1.54, 1.807) is 0 Å². The molecule has 3 rings (SSSR count). The molecular formula is C18H28ClN. The maximum atomic E-state index is 2.65. The van der Waals surface area contributed by atoms with Crippen LogP contribution in [-0.2, 0) is 6.42 Å². The van der Waals surface area contributed by atoms with Gasteiger partial charge in [0.1, 0.15) is 0 Å². The van der Waals surface area contributed by atoms with Gasteiger partial charge in [-0.25, -0.2) is 0 Å². The summed E-state index contributed by atoms with van der Waals surface area (Å²) in [6.07, 6.45) is 5.56. The van der Waals surface area contributed by atoms with Crippen LogP contribution < -0.4 is 17.7 Å². The van der Waals surface area contributed by atoms with Crippen molar-refractivity contribution in [1.82, 2.24) is 0 Å². The van der Waals surface area contributed by atoms with E-state index in [0.717, 1.165) is 12.0 Å². The summed E-state index contributed by atoms with van der Waals surface area (Å²) in [6, 6.07) is 11.8. The fourth-order valence-corrected chi connectivity index (χ4v) is 4.72. The first-order valence-electron chi connectivity index (χ1n) is 7.91. The van der Waals surface area contributed by atoms with Crippen molar-refractivity contribution in [2.24, 2.45) is 16.7 Å². The predicted octanol–water partition coefficient (Wildman–Crippen LogP) is 0.0113. The molecule has 1 nitrogen and oxygen atoms in total. The molecule has 2 aliphatic rings. The number of rotatable bonds is 4. The van der Waals surface area contributed by atoms with Gasteiger partial charge in [-0.15, -0.1) is 0 Å². The minimum Gasteiger partial charge on any atom is -1.00 e. The van der Waals surface area contributed by atoms with Crippen LogP contribution in [0.4, 0.5) is 0 Å². The Morgan fingerprint density at radius 3 is 2.40 bits per heavy atom. The smallest absolute Gasteiger partial charge is 0.0921 e. The lowest BCUT2D eigenvalue weighted by Gasteiger charge is -2.37. The summed E-state index contributed by atoms with van der Waals surface area (Å²) in [5.74, 6) is 0.968. The van der Waals surface area contributed by atoms with Crippen molar-refractivity contribution in [3.8, 4) is 0 Å². The van der Waals surface area contributed by atoms with E-state index >= 15 is 0 Å². The second-order valence-electron chi connectivity index (χ2n) is 7.48. The molecule has 2 heteroatoms. The van der Waals surface area contributed by atoms with Crippen LogP contribution in [0.15, 0.2) is 30.3 Å². The minimum absolute atomic E-state index is 0. The summed E-state index contributed by atoms with van der Waals surface area (Å²) >= 11 is 0. The monoisotopic (exact) mass is 293 g/mol. The Balaban J connectivity index is 0.00000147. The summed E-state index contributed by atoms with van der Waals surface area (Å²) in [4.78, 5) is 0. The average Bonchev–Trinajstić information content (AvgIpc) is 2.73. The highest BCUT2D eigenvalue weighted by molar-refractivity contribution is 5.14. The highest BCUT2D eigenvalue weighted by Crippen LogP contribution is 2.64. The van der Waals surface area contributed by atoms with Crippen LogP contribution in [-0.4, -0.2) is 12.6 Å². The van der Waals surface area contributed by atoms with E-state index in [1.165, 1.54) is 37.8 Å². The zero-order chi connectivity index (χ0) is 13.5. The summed E-state index contributed by atoms with van der Waals surface area (Å²) in [5, 5.41) is 2.65. The molecule has 3 atom stereocenters. The molecule has 0 aliphatic heterocycles. The van der Waals surface area contributed by atoms with Crippen LogP contribution in [0.5, 0.6) is 0 Å². The molecule has 0 saturated heterocycles. The SMILES string of the molecule is CC1(C)C2CCC1(C)C([NH2+]CCc1ccccc1)C2.[Cl-]. The molecule has 20 heavy (non-hydrogen) atoms. The third-order valence-electron chi connectivity index (χ3n) is 6.59. The predicted molar refractivity (Wildman–Crippen MR) is 80.0 cm³/mol. The number of fused-ring (bicyclic) bond motifs is 2. The number of benzene rings is 1. The molecule has 2 bridgehead atoms. The Hall–Kier alpha value is -0.530. The lowest BCUT2D eigenvalue weighted by Crippen LogP contribution is -3.00. The van der Waals surface area contributed by atoms with E-state index in [9.17, 15) is 0 Å². The number of quaternary nitrogens is 1.